The highest BCUT2D eigenvalue weighted by Crippen LogP contribution is 2.18. The zero-order valence-electron chi connectivity index (χ0n) is 10.7. The van der Waals surface area contributed by atoms with Gasteiger partial charge in [-0.2, -0.15) is 0 Å². The molecule has 17 heavy (non-hydrogen) atoms. The van der Waals surface area contributed by atoms with E-state index in [2.05, 4.69) is 19.2 Å². The molecule has 0 amide bonds. The first-order chi connectivity index (χ1) is 8.13. The van der Waals surface area contributed by atoms with Crippen LogP contribution in [0.5, 0.6) is 0 Å². The minimum atomic E-state index is -0.0470. The van der Waals surface area contributed by atoms with Gasteiger partial charge in [-0.15, -0.1) is 0 Å². The summed E-state index contributed by atoms with van der Waals surface area (Å²) in [6.07, 6.45) is 0.952. The van der Waals surface area contributed by atoms with Crippen LogP contribution in [0.25, 0.3) is 0 Å². The Morgan fingerprint density at radius 2 is 1.94 bits per heavy atom. The Kier molecular flexibility index (Phi) is 5.62. The van der Waals surface area contributed by atoms with Gasteiger partial charge in [0.1, 0.15) is 0 Å². The quantitative estimate of drug-likeness (QED) is 0.676. The van der Waals surface area contributed by atoms with E-state index >= 15 is 0 Å². The minimum Gasteiger partial charge on any atom is -0.396 e. The van der Waals surface area contributed by atoms with Gasteiger partial charge in [-0.25, -0.2) is 0 Å². The van der Waals surface area contributed by atoms with E-state index in [0.29, 0.717) is 0 Å². The molecule has 0 aliphatic rings. The van der Waals surface area contributed by atoms with Gasteiger partial charge in [0.25, 0.3) is 0 Å². The Hall–Kier alpha value is -0.900. The van der Waals surface area contributed by atoms with Crippen LogP contribution < -0.4 is 5.32 Å². The van der Waals surface area contributed by atoms with Gasteiger partial charge >= 0.3 is 0 Å². The van der Waals surface area contributed by atoms with Gasteiger partial charge in [-0.1, -0.05) is 38.1 Å². The van der Waals surface area contributed by atoms with E-state index in [1.54, 1.807) is 0 Å². The van der Waals surface area contributed by atoms with Crippen LogP contribution in [-0.2, 0) is 13.2 Å². The standard InChI is InChI=1S/C14H23NO2/c1-3-14(2,11-17)10-15-8-12-5-4-6-13(7-12)9-16/h4-7,15-17H,3,8-11H2,1-2H3. The third-order valence-electron chi connectivity index (χ3n) is 3.29. The van der Waals surface area contributed by atoms with Crippen molar-refractivity contribution < 1.29 is 10.2 Å². The number of hydrogen-bond acceptors (Lipinski definition) is 3. The largest absolute Gasteiger partial charge is 0.396 e. The number of aliphatic hydroxyl groups excluding tert-OH is 2. The lowest BCUT2D eigenvalue weighted by Gasteiger charge is -2.25. The van der Waals surface area contributed by atoms with Gasteiger partial charge in [0, 0.05) is 25.1 Å². The average molecular weight is 237 g/mol. The van der Waals surface area contributed by atoms with Crippen LogP contribution in [0.1, 0.15) is 31.4 Å². The Balaban J connectivity index is 2.45. The van der Waals surface area contributed by atoms with Crippen LogP contribution in [-0.4, -0.2) is 23.4 Å². The molecule has 0 bridgehead atoms. The highest BCUT2D eigenvalue weighted by molar-refractivity contribution is 5.22. The van der Waals surface area contributed by atoms with Gasteiger partial charge in [0.05, 0.1) is 6.61 Å². The van der Waals surface area contributed by atoms with Gasteiger partial charge in [-0.05, 0) is 17.5 Å². The van der Waals surface area contributed by atoms with Crippen LogP contribution in [0.4, 0.5) is 0 Å². The molecule has 0 aliphatic heterocycles. The molecular formula is C14H23NO2. The maximum Gasteiger partial charge on any atom is 0.0681 e. The van der Waals surface area contributed by atoms with Crippen molar-refractivity contribution in [3.63, 3.8) is 0 Å². The van der Waals surface area contributed by atoms with Crippen molar-refractivity contribution in [2.24, 2.45) is 5.41 Å². The molecule has 0 heterocycles. The van der Waals surface area contributed by atoms with E-state index in [0.717, 1.165) is 30.6 Å². The predicted octanol–water partition coefficient (Wildman–Crippen LogP) is 1.68. The number of hydrogen-bond donors (Lipinski definition) is 3. The van der Waals surface area contributed by atoms with Crippen molar-refractivity contribution >= 4 is 0 Å². The van der Waals surface area contributed by atoms with Crippen LogP contribution in [0.15, 0.2) is 24.3 Å². The average Bonchev–Trinajstić information content (AvgIpc) is 2.39. The number of nitrogens with one attached hydrogen (secondary N) is 1. The van der Waals surface area contributed by atoms with Crippen molar-refractivity contribution in [2.75, 3.05) is 13.2 Å². The fourth-order valence-corrected chi connectivity index (χ4v) is 1.64. The van der Waals surface area contributed by atoms with Gasteiger partial charge in [0.15, 0.2) is 0 Å². The van der Waals surface area contributed by atoms with Crippen molar-refractivity contribution in [1.29, 1.82) is 0 Å². The lowest BCUT2D eigenvalue weighted by atomic mass is 9.88. The normalized spacial score (nSPS) is 14.6. The molecule has 1 aromatic rings. The lowest BCUT2D eigenvalue weighted by Crippen LogP contribution is -2.34. The second-order valence-corrected chi connectivity index (χ2v) is 4.90. The first kappa shape index (κ1) is 14.2. The molecule has 1 rings (SSSR count). The van der Waals surface area contributed by atoms with Gasteiger partial charge in [-0.3, -0.25) is 0 Å². The Morgan fingerprint density at radius 3 is 2.53 bits per heavy atom. The number of rotatable bonds is 7. The molecule has 3 heteroatoms. The molecule has 0 saturated carbocycles. The SMILES string of the molecule is CCC(C)(CO)CNCc1cccc(CO)c1. The molecule has 1 aromatic carbocycles. The third-order valence-corrected chi connectivity index (χ3v) is 3.29. The topological polar surface area (TPSA) is 52.5 Å². The summed E-state index contributed by atoms with van der Waals surface area (Å²) in [4.78, 5) is 0. The molecule has 0 aliphatic carbocycles. The smallest absolute Gasteiger partial charge is 0.0681 e. The lowest BCUT2D eigenvalue weighted by molar-refractivity contribution is 0.135. The van der Waals surface area contributed by atoms with Crippen LogP contribution in [0.2, 0.25) is 0 Å². The van der Waals surface area contributed by atoms with E-state index in [9.17, 15) is 5.11 Å². The summed E-state index contributed by atoms with van der Waals surface area (Å²) in [7, 11) is 0. The number of benzene rings is 1. The van der Waals surface area contributed by atoms with Crippen LogP contribution in [0, 0.1) is 5.41 Å². The highest BCUT2D eigenvalue weighted by atomic mass is 16.3. The maximum atomic E-state index is 9.29. The van der Waals surface area contributed by atoms with Crippen molar-refractivity contribution in [3.8, 4) is 0 Å². The minimum absolute atomic E-state index is 0.0470. The highest BCUT2D eigenvalue weighted by Gasteiger charge is 2.19. The van der Waals surface area contributed by atoms with E-state index in [1.165, 1.54) is 0 Å². The van der Waals surface area contributed by atoms with Crippen molar-refractivity contribution in [1.82, 2.24) is 5.32 Å². The summed E-state index contributed by atoms with van der Waals surface area (Å²) in [6.45, 7) is 6.01. The fraction of sp³-hybridized carbons (Fsp3) is 0.571. The first-order valence-corrected chi connectivity index (χ1v) is 6.14. The van der Waals surface area contributed by atoms with E-state index < -0.39 is 0 Å². The third kappa shape index (κ3) is 4.46. The summed E-state index contributed by atoms with van der Waals surface area (Å²) < 4.78 is 0. The molecule has 0 fully saturated rings. The number of aliphatic hydroxyl groups is 2. The van der Waals surface area contributed by atoms with Crippen LogP contribution >= 0.6 is 0 Å². The second-order valence-electron chi connectivity index (χ2n) is 4.90. The zero-order chi connectivity index (χ0) is 12.7. The molecule has 3 nitrogen and oxygen atoms in total. The molecule has 1 atom stereocenters. The van der Waals surface area contributed by atoms with E-state index in [1.807, 2.05) is 24.3 Å². The predicted molar refractivity (Wildman–Crippen MR) is 69.6 cm³/mol. The second kappa shape index (κ2) is 6.74. The van der Waals surface area contributed by atoms with Gasteiger partial charge in [0.2, 0.25) is 0 Å². The zero-order valence-corrected chi connectivity index (χ0v) is 10.7. The van der Waals surface area contributed by atoms with Gasteiger partial charge < -0.3 is 15.5 Å². The van der Waals surface area contributed by atoms with Crippen molar-refractivity contribution in [3.05, 3.63) is 35.4 Å². The summed E-state index contributed by atoms with van der Waals surface area (Å²) in [6, 6.07) is 7.89. The van der Waals surface area contributed by atoms with Crippen molar-refractivity contribution in [2.45, 2.75) is 33.4 Å². The monoisotopic (exact) mass is 237 g/mol. The Labute approximate surface area is 103 Å². The summed E-state index contributed by atoms with van der Waals surface area (Å²) >= 11 is 0. The molecule has 0 spiro atoms. The van der Waals surface area contributed by atoms with E-state index in [4.69, 9.17) is 5.11 Å². The Bertz CT molecular complexity index is 335. The first-order valence-electron chi connectivity index (χ1n) is 6.14. The molecule has 96 valence electrons. The van der Waals surface area contributed by atoms with Crippen LogP contribution in [0.3, 0.4) is 0 Å². The molecule has 0 aromatic heterocycles. The molecule has 0 saturated heterocycles. The Morgan fingerprint density at radius 1 is 1.24 bits per heavy atom. The fourth-order valence-electron chi connectivity index (χ4n) is 1.64. The molecule has 3 N–H and O–H groups in total. The van der Waals surface area contributed by atoms with E-state index in [-0.39, 0.29) is 18.6 Å². The maximum absolute atomic E-state index is 9.29. The molecular weight excluding hydrogens is 214 g/mol. The summed E-state index contributed by atoms with van der Waals surface area (Å²) in [5.41, 5.74) is 2.05. The molecule has 1 unspecified atom stereocenters. The summed E-state index contributed by atoms with van der Waals surface area (Å²) in [5, 5.41) is 21.7. The summed E-state index contributed by atoms with van der Waals surface area (Å²) in [5.74, 6) is 0. The molecule has 0 radical (unpaired) electrons.